The van der Waals surface area contributed by atoms with Crippen molar-refractivity contribution in [1.82, 2.24) is 24.2 Å². The van der Waals surface area contributed by atoms with Crippen LogP contribution in [0.25, 0.3) is 11.5 Å². The molecule has 0 fully saturated rings. The van der Waals surface area contributed by atoms with Crippen LogP contribution in [-0.2, 0) is 16.6 Å². The quantitative estimate of drug-likeness (QED) is 0.635. The summed E-state index contributed by atoms with van der Waals surface area (Å²) in [6.07, 6.45) is 4.01. The molecular formula is C18H17Cl2N5O3S. The van der Waals surface area contributed by atoms with Crippen molar-refractivity contribution in [3.8, 4) is 11.5 Å². The number of imidazole rings is 1. The number of nitrogens with one attached hydrogen (secondary N) is 1. The fraction of sp³-hybridized carbons (Fsp3) is 0.222. The lowest BCUT2D eigenvalue weighted by Crippen LogP contribution is -2.31. The van der Waals surface area contributed by atoms with Gasteiger partial charge in [0.05, 0.1) is 30.4 Å². The summed E-state index contributed by atoms with van der Waals surface area (Å²) in [5.74, 6) is -0.448. The first-order chi connectivity index (χ1) is 13.5. The van der Waals surface area contributed by atoms with Crippen molar-refractivity contribution in [3.63, 3.8) is 0 Å². The van der Waals surface area contributed by atoms with E-state index in [-0.39, 0.29) is 12.2 Å². The molecule has 1 aromatic carbocycles. The van der Waals surface area contributed by atoms with Crippen LogP contribution in [-0.4, -0.2) is 40.1 Å². The van der Waals surface area contributed by atoms with Crippen LogP contribution in [0.3, 0.4) is 0 Å². The summed E-state index contributed by atoms with van der Waals surface area (Å²) >= 11 is 12.4. The molecule has 3 rings (SSSR count). The number of aryl methyl sites for hydroxylation is 2. The first kappa shape index (κ1) is 21.2. The van der Waals surface area contributed by atoms with Gasteiger partial charge in [0.2, 0.25) is 10.0 Å². The second-order valence-electron chi connectivity index (χ2n) is 6.44. The molecule has 0 saturated carbocycles. The summed E-state index contributed by atoms with van der Waals surface area (Å²) in [4.78, 5) is 25.7. The lowest BCUT2D eigenvalue weighted by molar-refractivity contribution is 0.0972. The number of nitrogens with zero attached hydrogens (tertiary/aromatic N) is 4. The Morgan fingerprint density at radius 2 is 1.90 bits per heavy atom. The summed E-state index contributed by atoms with van der Waals surface area (Å²) in [5, 5.41) is 0.914. The molecule has 29 heavy (non-hydrogen) atoms. The zero-order chi connectivity index (χ0) is 21.3. The van der Waals surface area contributed by atoms with Gasteiger partial charge in [0.25, 0.3) is 5.91 Å². The zero-order valence-electron chi connectivity index (χ0n) is 15.8. The summed E-state index contributed by atoms with van der Waals surface area (Å²) in [6, 6.07) is 4.96. The fourth-order valence-electron chi connectivity index (χ4n) is 2.83. The van der Waals surface area contributed by atoms with Crippen molar-refractivity contribution in [2.24, 2.45) is 0 Å². The number of hydrogen-bond donors (Lipinski definition) is 1. The molecule has 1 amide bonds. The van der Waals surface area contributed by atoms with Gasteiger partial charge in [-0.15, -0.1) is 0 Å². The van der Waals surface area contributed by atoms with Crippen molar-refractivity contribution in [3.05, 3.63) is 63.3 Å². The normalized spacial score (nSPS) is 11.5. The molecule has 0 bridgehead atoms. The SMILES string of the molecule is Cc1cncc(-c2nc(C)c(C(=O)NS(C)(=O)=O)n2Cc2cc(Cl)ccc2Cl)n1. The molecule has 0 aliphatic carbocycles. The summed E-state index contributed by atoms with van der Waals surface area (Å²) in [7, 11) is -3.77. The standard InChI is InChI=1S/C18H17Cl2N5O3S/c1-10-7-21-8-15(22-10)17-23-11(2)16(18(26)24-29(3,27)28)25(17)9-12-6-13(19)4-5-14(12)20/h4-8H,9H2,1-3H3,(H,24,26). The Hall–Kier alpha value is -2.49. The van der Waals surface area contributed by atoms with E-state index in [1.165, 1.54) is 6.20 Å². The predicted octanol–water partition coefficient (Wildman–Crippen LogP) is 3.00. The molecule has 0 saturated heterocycles. The molecule has 0 radical (unpaired) electrons. The summed E-state index contributed by atoms with van der Waals surface area (Å²) in [6.45, 7) is 3.51. The number of sulfonamides is 1. The lowest BCUT2D eigenvalue weighted by Gasteiger charge is -2.13. The Morgan fingerprint density at radius 3 is 2.55 bits per heavy atom. The third kappa shape index (κ3) is 4.92. The van der Waals surface area contributed by atoms with E-state index in [0.29, 0.717) is 38.5 Å². The van der Waals surface area contributed by atoms with Crippen LogP contribution in [0, 0.1) is 13.8 Å². The average molecular weight is 454 g/mol. The highest BCUT2D eigenvalue weighted by atomic mass is 35.5. The summed E-state index contributed by atoms with van der Waals surface area (Å²) in [5.41, 5.74) is 2.14. The third-order valence-electron chi connectivity index (χ3n) is 3.96. The molecule has 11 heteroatoms. The minimum absolute atomic E-state index is 0.0739. The molecule has 1 N–H and O–H groups in total. The number of benzene rings is 1. The van der Waals surface area contributed by atoms with E-state index < -0.39 is 15.9 Å². The van der Waals surface area contributed by atoms with Gasteiger partial charge in [-0.2, -0.15) is 0 Å². The van der Waals surface area contributed by atoms with E-state index in [0.717, 1.165) is 6.26 Å². The highest BCUT2D eigenvalue weighted by molar-refractivity contribution is 7.89. The molecular weight excluding hydrogens is 437 g/mol. The maximum absolute atomic E-state index is 12.7. The van der Waals surface area contributed by atoms with E-state index in [2.05, 4.69) is 15.0 Å². The van der Waals surface area contributed by atoms with Gasteiger partial charge in [0, 0.05) is 16.2 Å². The van der Waals surface area contributed by atoms with Gasteiger partial charge in [-0.25, -0.2) is 23.1 Å². The van der Waals surface area contributed by atoms with Crippen molar-refractivity contribution in [2.75, 3.05) is 6.26 Å². The van der Waals surface area contributed by atoms with Crippen molar-refractivity contribution in [2.45, 2.75) is 20.4 Å². The second kappa shape index (κ2) is 8.10. The number of amides is 1. The van der Waals surface area contributed by atoms with Gasteiger partial charge in [-0.1, -0.05) is 23.2 Å². The van der Waals surface area contributed by atoms with Gasteiger partial charge in [-0.05, 0) is 37.6 Å². The molecule has 8 nitrogen and oxygen atoms in total. The first-order valence-corrected chi connectivity index (χ1v) is 11.0. The summed E-state index contributed by atoms with van der Waals surface area (Å²) < 4.78 is 26.7. The smallest absolute Gasteiger partial charge is 0.283 e. The van der Waals surface area contributed by atoms with Crippen molar-refractivity contribution < 1.29 is 13.2 Å². The molecule has 0 unspecified atom stereocenters. The van der Waals surface area contributed by atoms with Gasteiger partial charge >= 0.3 is 0 Å². The number of halogens is 2. The first-order valence-electron chi connectivity index (χ1n) is 8.37. The molecule has 152 valence electrons. The number of hydrogen-bond acceptors (Lipinski definition) is 6. The van der Waals surface area contributed by atoms with Crippen LogP contribution >= 0.6 is 23.2 Å². The van der Waals surface area contributed by atoms with Crippen LogP contribution in [0.5, 0.6) is 0 Å². The van der Waals surface area contributed by atoms with Gasteiger partial charge in [-0.3, -0.25) is 9.78 Å². The predicted molar refractivity (Wildman–Crippen MR) is 111 cm³/mol. The number of rotatable bonds is 5. The van der Waals surface area contributed by atoms with Crippen LogP contribution in [0.1, 0.15) is 27.4 Å². The number of aromatic nitrogens is 4. The van der Waals surface area contributed by atoms with Crippen LogP contribution in [0.2, 0.25) is 10.0 Å². The fourth-order valence-corrected chi connectivity index (χ4v) is 3.64. The largest absolute Gasteiger partial charge is 0.314 e. The molecule has 0 aliphatic heterocycles. The van der Waals surface area contributed by atoms with Crippen LogP contribution in [0.15, 0.2) is 30.6 Å². The van der Waals surface area contributed by atoms with Gasteiger partial charge in [0.1, 0.15) is 11.4 Å². The molecule has 2 aromatic heterocycles. The number of carbonyl (C=O) groups excluding carboxylic acids is 1. The van der Waals surface area contributed by atoms with Gasteiger partial charge < -0.3 is 4.57 Å². The van der Waals surface area contributed by atoms with Crippen LogP contribution in [0.4, 0.5) is 0 Å². The highest BCUT2D eigenvalue weighted by Gasteiger charge is 2.25. The third-order valence-corrected chi connectivity index (χ3v) is 5.12. The minimum atomic E-state index is -3.77. The number of carbonyl (C=O) groups is 1. The maximum atomic E-state index is 12.7. The Kier molecular flexibility index (Phi) is 5.92. The Balaban J connectivity index is 2.21. The molecule has 3 aromatic rings. The maximum Gasteiger partial charge on any atom is 0.283 e. The zero-order valence-corrected chi connectivity index (χ0v) is 18.1. The molecule has 0 atom stereocenters. The average Bonchev–Trinajstić information content (AvgIpc) is 2.93. The van der Waals surface area contributed by atoms with E-state index in [1.807, 2.05) is 4.72 Å². The Bertz CT molecular complexity index is 1210. The molecule has 0 spiro atoms. The molecule has 0 aliphatic rings. The van der Waals surface area contributed by atoms with Crippen molar-refractivity contribution in [1.29, 1.82) is 0 Å². The van der Waals surface area contributed by atoms with E-state index in [4.69, 9.17) is 23.2 Å². The topological polar surface area (TPSA) is 107 Å². The Morgan fingerprint density at radius 1 is 1.17 bits per heavy atom. The minimum Gasteiger partial charge on any atom is -0.314 e. The van der Waals surface area contributed by atoms with E-state index >= 15 is 0 Å². The highest BCUT2D eigenvalue weighted by Crippen LogP contribution is 2.26. The Labute approximate surface area is 178 Å². The van der Waals surface area contributed by atoms with Crippen LogP contribution < -0.4 is 4.72 Å². The van der Waals surface area contributed by atoms with E-state index in [9.17, 15) is 13.2 Å². The monoisotopic (exact) mass is 453 g/mol. The molecule has 2 heterocycles. The lowest BCUT2D eigenvalue weighted by atomic mass is 10.2. The van der Waals surface area contributed by atoms with Crippen molar-refractivity contribution >= 4 is 39.1 Å². The van der Waals surface area contributed by atoms with Gasteiger partial charge in [0.15, 0.2) is 5.82 Å². The van der Waals surface area contributed by atoms with E-state index in [1.54, 1.807) is 42.8 Å². The second-order valence-corrected chi connectivity index (χ2v) is 9.03.